The summed E-state index contributed by atoms with van der Waals surface area (Å²) in [6.45, 7) is 0. The molecule has 0 fully saturated rings. The normalized spacial score (nSPS) is 14.4. The third-order valence-corrected chi connectivity index (χ3v) is 2.69. The summed E-state index contributed by atoms with van der Waals surface area (Å²) in [7, 11) is 1.14. The zero-order chi connectivity index (χ0) is 15.6. The Morgan fingerprint density at radius 2 is 1.55 bits per heavy atom. The zero-order valence-electron chi connectivity index (χ0n) is 10.2. The monoisotopic (exact) mass is 302 g/mol. The number of nitrogens with one attached hydrogen (secondary N) is 1. The van der Waals surface area contributed by atoms with Crippen LogP contribution in [-0.4, -0.2) is 19.5 Å². The highest BCUT2D eigenvalue weighted by Crippen LogP contribution is 2.47. The van der Waals surface area contributed by atoms with Crippen LogP contribution >= 0.6 is 0 Å². The lowest BCUT2D eigenvalue weighted by atomic mass is 9.91. The largest absolute Gasteiger partial charge is 0.496 e. The number of hydrazine groups is 1. The number of ether oxygens (including phenoxy) is 1. The molecule has 1 aromatic rings. The van der Waals surface area contributed by atoms with Crippen molar-refractivity contribution in [2.75, 3.05) is 7.11 Å². The number of methoxy groups -OCH3 is 1. The van der Waals surface area contributed by atoms with Crippen LogP contribution in [0.1, 0.15) is 11.6 Å². The van der Waals surface area contributed by atoms with Gasteiger partial charge in [-0.05, 0) is 6.07 Å². The first kappa shape index (κ1) is 16.6. The molecule has 1 rings (SSSR count). The van der Waals surface area contributed by atoms with Crippen LogP contribution in [0.15, 0.2) is 24.3 Å². The number of halogens is 6. The maximum Gasteiger partial charge on any atom is 0.402 e. The van der Waals surface area contributed by atoms with Crippen molar-refractivity contribution in [3.63, 3.8) is 0 Å². The van der Waals surface area contributed by atoms with Gasteiger partial charge in [-0.2, -0.15) is 26.3 Å². The second-order valence-electron chi connectivity index (χ2n) is 3.95. The van der Waals surface area contributed by atoms with Crippen molar-refractivity contribution in [3.05, 3.63) is 29.8 Å². The summed E-state index contributed by atoms with van der Waals surface area (Å²) in [6, 6.07) is 2.86. The number of rotatable bonds is 4. The number of nitrogens with two attached hydrogens (primary N) is 1. The van der Waals surface area contributed by atoms with E-state index in [0.717, 1.165) is 13.2 Å². The first-order valence-electron chi connectivity index (χ1n) is 5.35. The van der Waals surface area contributed by atoms with Crippen molar-refractivity contribution >= 4 is 0 Å². The van der Waals surface area contributed by atoms with Gasteiger partial charge in [-0.3, -0.25) is 11.3 Å². The number of hydrogen-bond acceptors (Lipinski definition) is 3. The van der Waals surface area contributed by atoms with E-state index in [2.05, 4.69) is 0 Å². The van der Waals surface area contributed by atoms with Gasteiger partial charge in [0.25, 0.3) is 0 Å². The fourth-order valence-electron chi connectivity index (χ4n) is 1.85. The number of hydrogen-bond donors (Lipinski definition) is 2. The zero-order valence-corrected chi connectivity index (χ0v) is 10.2. The first-order valence-corrected chi connectivity index (χ1v) is 5.35. The summed E-state index contributed by atoms with van der Waals surface area (Å²) in [5, 5.41) is 0. The molecule has 1 aromatic carbocycles. The van der Waals surface area contributed by atoms with Crippen LogP contribution in [0, 0.1) is 5.92 Å². The molecule has 0 saturated carbocycles. The van der Waals surface area contributed by atoms with E-state index < -0.39 is 24.3 Å². The third kappa shape index (κ3) is 3.54. The van der Waals surface area contributed by atoms with Crippen molar-refractivity contribution < 1.29 is 31.1 Å². The van der Waals surface area contributed by atoms with Crippen molar-refractivity contribution in [1.29, 1.82) is 0 Å². The summed E-state index contributed by atoms with van der Waals surface area (Å²) in [4.78, 5) is 0. The summed E-state index contributed by atoms with van der Waals surface area (Å²) in [5.41, 5.74) is 1.26. The molecule has 9 heteroatoms. The van der Waals surface area contributed by atoms with Gasteiger partial charge in [0, 0.05) is 5.56 Å². The lowest BCUT2D eigenvalue weighted by molar-refractivity contribution is -0.293. The highest BCUT2D eigenvalue weighted by atomic mass is 19.4. The van der Waals surface area contributed by atoms with E-state index in [9.17, 15) is 26.3 Å². The second kappa shape index (κ2) is 5.88. The van der Waals surface area contributed by atoms with Gasteiger partial charge in [0.1, 0.15) is 5.75 Å². The van der Waals surface area contributed by atoms with Gasteiger partial charge < -0.3 is 4.74 Å². The standard InChI is InChI=1S/C11H12F6N2O/c1-20-7-5-3-2-4-6(7)8(19-18)9(10(12,13)14)11(15,16)17/h2-5,8-9,19H,18H2,1H3. The van der Waals surface area contributed by atoms with Gasteiger partial charge in [0.15, 0.2) is 5.92 Å². The Labute approximate surface area is 110 Å². The molecule has 0 heterocycles. The quantitative estimate of drug-likeness (QED) is 0.511. The first-order chi connectivity index (χ1) is 9.12. The average Bonchev–Trinajstić information content (AvgIpc) is 2.32. The van der Waals surface area contributed by atoms with Gasteiger partial charge in [0.2, 0.25) is 0 Å². The SMILES string of the molecule is COc1ccccc1C(NN)C(C(F)(F)F)C(F)(F)F. The predicted octanol–water partition coefficient (Wildman–Crippen LogP) is 2.94. The second-order valence-corrected chi connectivity index (χ2v) is 3.95. The summed E-state index contributed by atoms with van der Waals surface area (Å²) < 4.78 is 81.1. The van der Waals surface area contributed by atoms with Crippen molar-refractivity contribution in [1.82, 2.24) is 5.43 Å². The van der Waals surface area contributed by atoms with Crippen LogP contribution in [0.3, 0.4) is 0 Å². The molecular weight excluding hydrogens is 290 g/mol. The molecule has 0 aliphatic heterocycles. The minimum atomic E-state index is -5.50. The molecule has 0 bridgehead atoms. The Morgan fingerprint density at radius 3 is 1.95 bits per heavy atom. The molecule has 0 spiro atoms. The van der Waals surface area contributed by atoms with Crippen molar-refractivity contribution in [3.8, 4) is 5.75 Å². The van der Waals surface area contributed by atoms with E-state index in [-0.39, 0.29) is 11.3 Å². The van der Waals surface area contributed by atoms with E-state index in [4.69, 9.17) is 10.6 Å². The smallest absolute Gasteiger partial charge is 0.402 e. The molecule has 20 heavy (non-hydrogen) atoms. The molecule has 0 amide bonds. The number of para-hydroxylation sites is 1. The Kier molecular flexibility index (Phi) is 4.87. The topological polar surface area (TPSA) is 47.3 Å². The molecule has 0 aliphatic carbocycles. The Bertz CT molecular complexity index is 431. The Hall–Kier alpha value is -1.48. The van der Waals surface area contributed by atoms with Gasteiger partial charge in [-0.25, -0.2) is 0 Å². The molecule has 1 atom stereocenters. The lowest BCUT2D eigenvalue weighted by Gasteiger charge is -2.31. The molecule has 0 radical (unpaired) electrons. The van der Waals surface area contributed by atoms with Crippen LogP contribution in [0.25, 0.3) is 0 Å². The van der Waals surface area contributed by atoms with Crippen LogP contribution in [0.5, 0.6) is 5.75 Å². The predicted molar refractivity (Wildman–Crippen MR) is 58.7 cm³/mol. The molecule has 3 nitrogen and oxygen atoms in total. The van der Waals surface area contributed by atoms with E-state index >= 15 is 0 Å². The maximum atomic E-state index is 12.7. The van der Waals surface area contributed by atoms with Gasteiger partial charge >= 0.3 is 12.4 Å². The number of alkyl halides is 6. The van der Waals surface area contributed by atoms with Gasteiger partial charge in [-0.15, -0.1) is 0 Å². The average molecular weight is 302 g/mol. The van der Waals surface area contributed by atoms with E-state index in [1.54, 1.807) is 5.43 Å². The van der Waals surface area contributed by atoms with E-state index in [1.807, 2.05) is 0 Å². The Morgan fingerprint density at radius 1 is 1.05 bits per heavy atom. The van der Waals surface area contributed by atoms with E-state index in [0.29, 0.717) is 0 Å². The van der Waals surface area contributed by atoms with Crippen LogP contribution < -0.4 is 16.0 Å². The fraction of sp³-hybridized carbons (Fsp3) is 0.455. The maximum absolute atomic E-state index is 12.7. The highest BCUT2D eigenvalue weighted by molar-refractivity contribution is 5.36. The molecule has 1 unspecified atom stereocenters. The van der Waals surface area contributed by atoms with Gasteiger partial charge in [-0.1, -0.05) is 18.2 Å². The van der Waals surface area contributed by atoms with Crippen molar-refractivity contribution in [2.24, 2.45) is 11.8 Å². The molecule has 0 aliphatic rings. The molecule has 0 aromatic heterocycles. The molecule has 3 N–H and O–H groups in total. The van der Waals surface area contributed by atoms with Crippen LogP contribution in [-0.2, 0) is 0 Å². The summed E-state index contributed by atoms with van der Waals surface area (Å²) >= 11 is 0. The Balaban J connectivity index is 3.35. The minimum Gasteiger partial charge on any atom is -0.496 e. The highest BCUT2D eigenvalue weighted by Gasteiger charge is 2.60. The third-order valence-electron chi connectivity index (χ3n) is 2.69. The van der Waals surface area contributed by atoms with Gasteiger partial charge in [0.05, 0.1) is 13.2 Å². The summed E-state index contributed by atoms with van der Waals surface area (Å²) in [6.07, 6.45) is -11.0. The molecule has 114 valence electrons. The van der Waals surface area contributed by atoms with Crippen molar-refractivity contribution in [2.45, 2.75) is 18.4 Å². The lowest BCUT2D eigenvalue weighted by Crippen LogP contribution is -2.47. The fourth-order valence-corrected chi connectivity index (χ4v) is 1.85. The molecule has 0 saturated heterocycles. The van der Waals surface area contributed by atoms with Crippen LogP contribution in [0.4, 0.5) is 26.3 Å². The minimum absolute atomic E-state index is 0.117. The molecular formula is C11H12F6N2O. The number of benzene rings is 1. The van der Waals surface area contributed by atoms with Crippen LogP contribution in [0.2, 0.25) is 0 Å². The summed E-state index contributed by atoms with van der Waals surface area (Å²) in [5.74, 6) is 1.16. The van der Waals surface area contributed by atoms with E-state index in [1.165, 1.54) is 18.2 Å².